The van der Waals surface area contributed by atoms with Crippen LogP contribution in [-0.2, 0) is 20.7 Å². The lowest BCUT2D eigenvalue weighted by atomic mass is 9.76. The zero-order valence-corrected chi connectivity index (χ0v) is 14.9. The summed E-state index contributed by atoms with van der Waals surface area (Å²) in [6.45, 7) is 2.10. The van der Waals surface area contributed by atoms with E-state index in [0.717, 1.165) is 19.3 Å². The monoisotopic (exact) mass is 370 g/mol. The van der Waals surface area contributed by atoms with Crippen molar-refractivity contribution in [3.05, 3.63) is 33.8 Å². The number of halogens is 2. The molecule has 1 atom stereocenters. The molecule has 0 saturated heterocycles. The molecule has 1 unspecified atom stereocenters. The molecule has 5 nitrogen and oxygen atoms in total. The Morgan fingerprint density at radius 1 is 1.42 bits per heavy atom. The maximum absolute atomic E-state index is 12.0. The molecule has 1 saturated carbocycles. The van der Waals surface area contributed by atoms with Crippen LogP contribution in [-0.4, -0.2) is 24.7 Å². The van der Waals surface area contributed by atoms with Crippen molar-refractivity contribution in [1.29, 1.82) is 0 Å². The summed E-state index contributed by atoms with van der Waals surface area (Å²) in [4.78, 5) is 23.9. The van der Waals surface area contributed by atoms with Gasteiger partial charge in [0.1, 0.15) is 0 Å². The normalized spacial score (nSPS) is 15.8. The fourth-order valence-corrected chi connectivity index (χ4v) is 2.95. The SMILES string of the molecule is CCOC(=O)C(C=NNC(=O)Cc1ccc(Cl)cc1Cl)C1CCC1. The van der Waals surface area contributed by atoms with Gasteiger partial charge in [-0.3, -0.25) is 9.59 Å². The summed E-state index contributed by atoms with van der Waals surface area (Å²) in [5.74, 6) is -0.763. The highest BCUT2D eigenvalue weighted by Gasteiger charge is 2.32. The van der Waals surface area contributed by atoms with Crippen LogP contribution in [0.3, 0.4) is 0 Å². The third-order valence-electron chi connectivity index (χ3n) is 4.01. The first-order valence-corrected chi connectivity index (χ1v) is 8.69. The van der Waals surface area contributed by atoms with Gasteiger partial charge in [-0.1, -0.05) is 35.7 Å². The second-order valence-corrected chi connectivity index (χ2v) is 6.54. The minimum Gasteiger partial charge on any atom is -0.465 e. The number of esters is 1. The number of nitrogens with one attached hydrogen (secondary N) is 1. The number of carbonyl (C=O) groups excluding carboxylic acids is 2. The predicted octanol–water partition coefficient (Wildman–Crippen LogP) is 3.62. The van der Waals surface area contributed by atoms with Gasteiger partial charge in [0.05, 0.1) is 18.9 Å². The topological polar surface area (TPSA) is 67.8 Å². The highest BCUT2D eigenvalue weighted by molar-refractivity contribution is 6.35. The van der Waals surface area contributed by atoms with Crippen molar-refractivity contribution in [1.82, 2.24) is 5.43 Å². The van der Waals surface area contributed by atoms with Crippen molar-refractivity contribution in [3.8, 4) is 0 Å². The first kappa shape index (κ1) is 18.7. The summed E-state index contributed by atoms with van der Waals surface area (Å²) in [6.07, 6.45) is 4.62. The number of rotatable bonds is 7. The lowest BCUT2D eigenvalue weighted by Crippen LogP contribution is -2.32. The molecule has 0 bridgehead atoms. The summed E-state index contributed by atoms with van der Waals surface area (Å²) in [5.41, 5.74) is 3.10. The van der Waals surface area contributed by atoms with Crippen LogP contribution in [0, 0.1) is 11.8 Å². The summed E-state index contributed by atoms with van der Waals surface area (Å²) in [6, 6.07) is 4.96. The fraction of sp³-hybridized carbons (Fsp3) is 0.471. The minimum atomic E-state index is -0.405. The molecule has 1 aromatic carbocycles. The third kappa shape index (κ3) is 5.21. The maximum Gasteiger partial charge on any atom is 0.314 e. The molecular formula is C17H20Cl2N2O3. The van der Waals surface area contributed by atoms with Crippen LogP contribution >= 0.6 is 23.2 Å². The van der Waals surface area contributed by atoms with E-state index in [2.05, 4.69) is 10.5 Å². The number of ether oxygens (including phenoxy) is 1. The van der Waals surface area contributed by atoms with E-state index in [4.69, 9.17) is 27.9 Å². The van der Waals surface area contributed by atoms with Crippen molar-refractivity contribution in [2.24, 2.45) is 16.9 Å². The molecule has 1 fully saturated rings. The second kappa shape index (κ2) is 9.04. The molecule has 0 aliphatic heterocycles. The molecule has 130 valence electrons. The van der Waals surface area contributed by atoms with Gasteiger partial charge in [0.25, 0.3) is 0 Å². The van der Waals surface area contributed by atoms with E-state index in [1.54, 1.807) is 25.1 Å². The van der Waals surface area contributed by atoms with E-state index >= 15 is 0 Å². The van der Waals surface area contributed by atoms with E-state index < -0.39 is 5.92 Å². The van der Waals surface area contributed by atoms with Crippen LogP contribution in [0.2, 0.25) is 10.0 Å². The molecule has 1 N–H and O–H groups in total. The van der Waals surface area contributed by atoms with Gasteiger partial charge in [-0.2, -0.15) is 5.10 Å². The Hall–Kier alpha value is -1.59. The molecule has 1 aromatic rings. The van der Waals surface area contributed by atoms with Crippen LogP contribution in [0.1, 0.15) is 31.7 Å². The number of hydrogen-bond donors (Lipinski definition) is 1. The Bertz CT molecular complexity index is 630. The largest absolute Gasteiger partial charge is 0.465 e. The number of benzene rings is 1. The summed E-state index contributed by atoms with van der Waals surface area (Å²) in [5, 5.41) is 4.87. The molecule has 1 aliphatic rings. The van der Waals surface area contributed by atoms with Crippen LogP contribution < -0.4 is 5.43 Å². The van der Waals surface area contributed by atoms with E-state index in [0.29, 0.717) is 22.2 Å². The number of nitrogens with zero attached hydrogens (tertiary/aromatic N) is 1. The Morgan fingerprint density at radius 2 is 2.17 bits per heavy atom. The Kier molecular flexibility index (Phi) is 7.06. The molecule has 0 radical (unpaired) electrons. The first-order valence-electron chi connectivity index (χ1n) is 7.93. The van der Waals surface area contributed by atoms with E-state index in [1.807, 2.05) is 0 Å². The van der Waals surface area contributed by atoms with Crippen LogP contribution in [0.5, 0.6) is 0 Å². The van der Waals surface area contributed by atoms with Crippen molar-refractivity contribution in [3.63, 3.8) is 0 Å². The van der Waals surface area contributed by atoms with E-state index in [1.165, 1.54) is 6.21 Å². The van der Waals surface area contributed by atoms with Gasteiger partial charge in [0.2, 0.25) is 5.91 Å². The maximum atomic E-state index is 12.0. The van der Waals surface area contributed by atoms with Gasteiger partial charge in [0.15, 0.2) is 0 Å². The smallest absolute Gasteiger partial charge is 0.314 e. The zero-order valence-electron chi connectivity index (χ0n) is 13.4. The fourth-order valence-electron chi connectivity index (χ4n) is 2.48. The van der Waals surface area contributed by atoms with Gasteiger partial charge in [0, 0.05) is 16.3 Å². The van der Waals surface area contributed by atoms with Gasteiger partial charge in [-0.25, -0.2) is 5.43 Å². The van der Waals surface area contributed by atoms with E-state index in [-0.39, 0.29) is 24.2 Å². The second-order valence-electron chi connectivity index (χ2n) is 5.69. The average Bonchev–Trinajstić information content (AvgIpc) is 2.47. The minimum absolute atomic E-state index is 0.0842. The van der Waals surface area contributed by atoms with Crippen molar-refractivity contribution in [2.45, 2.75) is 32.6 Å². The van der Waals surface area contributed by atoms with Gasteiger partial charge in [-0.15, -0.1) is 0 Å². The van der Waals surface area contributed by atoms with Gasteiger partial charge < -0.3 is 4.74 Å². The number of hydrazone groups is 1. The first-order chi connectivity index (χ1) is 11.5. The van der Waals surface area contributed by atoms with Gasteiger partial charge in [-0.05, 0) is 43.4 Å². The molecule has 0 aromatic heterocycles. The number of hydrogen-bond acceptors (Lipinski definition) is 4. The molecule has 1 amide bonds. The highest BCUT2D eigenvalue weighted by atomic mass is 35.5. The van der Waals surface area contributed by atoms with E-state index in [9.17, 15) is 9.59 Å². The van der Waals surface area contributed by atoms with Crippen molar-refractivity contribution in [2.75, 3.05) is 6.61 Å². The Labute approximate surface area is 151 Å². The molecular weight excluding hydrogens is 351 g/mol. The molecule has 0 spiro atoms. The Balaban J connectivity index is 1.90. The zero-order chi connectivity index (χ0) is 17.5. The number of carbonyl (C=O) groups is 2. The highest BCUT2D eigenvalue weighted by Crippen LogP contribution is 2.33. The average molecular weight is 371 g/mol. The lowest BCUT2D eigenvalue weighted by molar-refractivity contribution is -0.147. The quantitative estimate of drug-likeness (QED) is 0.452. The molecule has 1 aliphatic carbocycles. The van der Waals surface area contributed by atoms with Gasteiger partial charge >= 0.3 is 5.97 Å². The van der Waals surface area contributed by atoms with Crippen LogP contribution in [0.25, 0.3) is 0 Å². The summed E-state index contributed by atoms with van der Waals surface area (Å²) in [7, 11) is 0. The predicted molar refractivity (Wildman–Crippen MR) is 94.3 cm³/mol. The Morgan fingerprint density at radius 3 is 2.75 bits per heavy atom. The molecule has 24 heavy (non-hydrogen) atoms. The van der Waals surface area contributed by atoms with Crippen LogP contribution in [0.15, 0.2) is 23.3 Å². The van der Waals surface area contributed by atoms with Crippen molar-refractivity contribution < 1.29 is 14.3 Å². The summed E-state index contributed by atoms with van der Waals surface area (Å²) >= 11 is 11.9. The molecule has 2 rings (SSSR count). The molecule has 0 heterocycles. The van der Waals surface area contributed by atoms with Crippen molar-refractivity contribution >= 4 is 41.3 Å². The van der Waals surface area contributed by atoms with Crippen LogP contribution in [0.4, 0.5) is 0 Å². The third-order valence-corrected chi connectivity index (χ3v) is 4.59. The number of amides is 1. The lowest BCUT2D eigenvalue weighted by Gasteiger charge is -2.29. The standard InChI is InChI=1S/C17H20Cl2N2O3/c1-2-24-17(23)14(11-4-3-5-11)10-20-21-16(22)8-12-6-7-13(18)9-15(12)19/h6-7,9-11,14H,2-5,8H2,1H3,(H,21,22). The summed E-state index contributed by atoms with van der Waals surface area (Å²) < 4.78 is 5.07. The molecule has 7 heteroatoms.